The summed E-state index contributed by atoms with van der Waals surface area (Å²) in [6, 6.07) is 23.1. The number of thioether (sulfide) groups is 1. The van der Waals surface area contributed by atoms with E-state index in [1.165, 1.54) is 12.7 Å². The van der Waals surface area contributed by atoms with Crippen LogP contribution in [0.15, 0.2) is 72.8 Å². The summed E-state index contributed by atoms with van der Waals surface area (Å²) < 4.78 is 30.8. The highest BCUT2D eigenvalue weighted by Crippen LogP contribution is 2.30. The van der Waals surface area contributed by atoms with E-state index in [0.29, 0.717) is 11.1 Å². The molecule has 1 heterocycles. The molecule has 1 N–H and O–H groups in total. The zero-order chi connectivity index (χ0) is 23.4. The standard InChI is InChI=1S/C25H23NO5S2/c1-31-25(28)22-12-10-20(11-13-22)19-6-2-17(3-7-19)15-32-16-18-4-8-21(9-5-18)23-14-24(27)26-33(23,29)30/h2-13,23H,14-16H2,1H3,(H,26,27). The van der Waals surface area contributed by atoms with Gasteiger partial charge >= 0.3 is 5.97 Å². The minimum Gasteiger partial charge on any atom is -0.465 e. The first-order valence-electron chi connectivity index (χ1n) is 10.3. The van der Waals surface area contributed by atoms with Gasteiger partial charge in [-0.25, -0.2) is 13.2 Å². The Kier molecular flexibility index (Phi) is 6.85. The Morgan fingerprint density at radius 3 is 1.91 bits per heavy atom. The smallest absolute Gasteiger partial charge is 0.337 e. The van der Waals surface area contributed by atoms with Gasteiger partial charge in [-0.05, 0) is 39.9 Å². The molecule has 6 nitrogen and oxygen atoms in total. The minimum atomic E-state index is -3.61. The van der Waals surface area contributed by atoms with Crippen molar-refractivity contribution in [2.45, 2.75) is 23.2 Å². The van der Waals surface area contributed by atoms with Crippen molar-refractivity contribution in [3.8, 4) is 11.1 Å². The van der Waals surface area contributed by atoms with E-state index >= 15 is 0 Å². The van der Waals surface area contributed by atoms with Gasteiger partial charge in [-0.3, -0.25) is 9.52 Å². The summed E-state index contributed by atoms with van der Waals surface area (Å²) >= 11 is 1.77. The number of methoxy groups -OCH3 is 1. The van der Waals surface area contributed by atoms with E-state index in [2.05, 4.69) is 24.3 Å². The van der Waals surface area contributed by atoms with Crippen LogP contribution in [0.3, 0.4) is 0 Å². The van der Waals surface area contributed by atoms with Gasteiger partial charge < -0.3 is 4.74 Å². The van der Waals surface area contributed by atoms with E-state index in [1.807, 2.05) is 29.0 Å². The maximum Gasteiger partial charge on any atom is 0.337 e. The molecule has 1 amide bonds. The molecule has 1 atom stereocenters. The van der Waals surface area contributed by atoms with Crippen LogP contribution < -0.4 is 4.72 Å². The molecule has 33 heavy (non-hydrogen) atoms. The van der Waals surface area contributed by atoms with Crippen LogP contribution in [0.4, 0.5) is 0 Å². The summed E-state index contributed by atoms with van der Waals surface area (Å²) in [6.45, 7) is 0. The van der Waals surface area contributed by atoms with E-state index in [-0.39, 0.29) is 12.4 Å². The number of benzene rings is 3. The van der Waals surface area contributed by atoms with E-state index in [1.54, 1.807) is 36.0 Å². The van der Waals surface area contributed by atoms with Crippen molar-refractivity contribution in [3.63, 3.8) is 0 Å². The lowest BCUT2D eigenvalue weighted by Crippen LogP contribution is -2.21. The monoisotopic (exact) mass is 481 g/mol. The lowest BCUT2D eigenvalue weighted by atomic mass is 10.0. The Labute approximate surface area is 197 Å². The van der Waals surface area contributed by atoms with Gasteiger partial charge in [-0.1, -0.05) is 60.7 Å². The lowest BCUT2D eigenvalue weighted by Gasteiger charge is -2.09. The predicted octanol–water partition coefficient (Wildman–Crippen LogP) is 4.46. The fourth-order valence-electron chi connectivity index (χ4n) is 3.67. The van der Waals surface area contributed by atoms with Crippen LogP contribution >= 0.6 is 11.8 Å². The maximum atomic E-state index is 12.0. The van der Waals surface area contributed by atoms with Crippen molar-refractivity contribution in [1.29, 1.82) is 0 Å². The Bertz CT molecular complexity index is 1250. The molecule has 0 spiro atoms. The first kappa shape index (κ1) is 23.1. The third kappa shape index (κ3) is 5.46. The van der Waals surface area contributed by atoms with Gasteiger partial charge in [0.15, 0.2) is 0 Å². The van der Waals surface area contributed by atoms with Crippen LogP contribution in [0.25, 0.3) is 11.1 Å². The van der Waals surface area contributed by atoms with Crippen LogP contribution in [-0.2, 0) is 31.1 Å². The number of carbonyl (C=O) groups excluding carboxylic acids is 2. The molecule has 0 bridgehead atoms. The normalized spacial score (nSPS) is 16.9. The quantitative estimate of drug-likeness (QED) is 0.501. The number of hydrogen-bond acceptors (Lipinski definition) is 6. The largest absolute Gasteiger partial charge is 0.465 e. The molecule has 3 aromatic rings. The molecule has 1 unspecified atom stereocenters. The Morgan fingerprint density at radius 2 is 1.42 bits per heavy atom. The molecule has 3 aromatic carbocycles. The van der Waals surface area contributed by atoms with Gasteiger partial charge in [-0.15, -0.1) is 0 Å². The second kappa shape index (κ2) is 9.80. The zero-order valence-corrected chi connectivity index (χ0v) is 19.6. The van der Waals surface area contributed by atoms with Gasteiger partial charge in [0.25, 0.3) is 0 Å². The van der Waals surface area contributed by atoms with Gasteiger partial charge in [-0.2, -0.15) is 11.8 Å². The highest BCUT2D eigenvalue weighted by molar-refractivity contribution is 7.97. The first-order valence-corrected chi connectivity index (χ1v) is 13.0. The molecule has 0 aromatic heterocycles. The molecule has 1 saturated heterocycles. The molecule has 8 heteroatoms. The number of esters is 1. The number of ether oxygens (including phenoxy) is 1. The number of amides is 1. The number of carbonyl (C=O) groups is 2. The molecule has 4 rings (SSSR count). The van der Waals surface area contributed by atoms with Crippen LogP contribution in [0.1, 0.15) is 38.7 Å². The van der Waals surface area contributed by atoms with Crippen LogP contribution in [-0.4, -0.2) is 27.4 Å². The highest BCUT2D eigenvalue weighted by atomic mass is 32.2. The van der Waals surface area contributed by atoms with E-state index in [4.69, 9.17) is 4.74 Å². The van der Waals surface area contributed by atoms with Crippen molar-refractivity contribution in [3.05, 3.63) is 95.1 Å². The Hall–Kier alpha value is -3.10. The summed E-state index contributed by atoms with van der Waals surface area (Å²) in [4.78, 5) is 23.0. The average Bonchev–Trinajstić information content (AvgIpc) is 3.11. The van der Waals surface area contributed by atoms with Crippen molar-refractivity contribution in [2.75, 3.05) is 7.11 Å². The van der Waals surface area contributed by atoms with Crippen molar-refractivity contribution < 1.29 is 22.7 Å². The molecule has 1 aliphatic heterocycles. The molecule has 0 radical (unpaired) electrons. The summed E-state index contributed by atoms with van der Waals surface area (Å²) in [5.41, 5.74) is 5.57. The predicted molar refractivity (Wildman–Crippen MR) is 129 cm³/mol. The molecular formula is C25H23NO5S2. The summed E-state index contributed by atoms with van der Waals surface area (Å²) in [5.74, 6) is 0.841. The maximum absolute atomic E-state index is 12.0. The number of rotatable bonds is 7. The number of sulfonamides is 1. The lowest BCUT2D eigenvalue weighted by molar-refractivity contribution is -0.118. The van der Waals surface area contributed by atoms with Crippen LogP contribution in [0.5, 0.6) is 0 Å². The Morgan fingerprint density at radius 1 is 0.909 bits per heavy atom. The highest BCUT2D eigenvalue weighted by Gasteiger charge is 2.37. The third-order valence-electron chi connectivity index (χ3n) is 5.48. The second-order valence-electron chi connectivity index (χ2n) is 7.76. The first-order chi connectivity index (χ1) is 15.9. The van der Waals surface area contributed by atoms with Gasteiger partial charge in [0, 0.05) is 11.5 Å². The van der Waals surface area contributed by atoms with E-state index in [9.17, 15) is 18.0 Å². The van der Waals surface area contributed by atoms with Gasteiger partial charge in [0.1, 0.15) is 5.25 Å². The van der Waals surface area contributed by atoms with Crippen molar-refractivity contribution >= 4 is 33.7 Å². The van der Waals surface area contributed by atoms with E-state index < -0.39 is 21.2 Å². The summed E-state index contributed by atoms with van der Waals surface area (Å²) in [5, 5.41) is -0.804. The average molecular weight is 482 g/mol. The summed E-state index contributed by atoms with van der Waals surface area (Å²) in [7, 11) is -2.24. The topological polar surface area (TPSA) is 89.5 Å². The second-order valence-corrected chi connectivity index (χ2v) is 10.6. The van der Waals surface area contributed by atoms with Crippen molar-refractivity contribution in [1.82, 2.24) is 4.72 Å². The fourth-order valence-corrected chi connectivity index (χ4v) is 6.06. The SMILES string of the molecule is COC(=O)c1ccc(-c2ccc(CSCc3ccc(C4CC(=O)NS4(=O)=O)cc3)cc2)cc1. The number of hydrogen-bond donors (Lipinski definition) is 1. The zero-order valence-electron chi connectivity index (χ0n) is 18.0. The van der Waals surface area contributed by atoms with Gasteiger partial charge in [0.05, 0.1) is 19.1 Å². The third-order valence-corrected chi connectivity index (χ3v) is 8.26. The molecule has 170 valence electrons. The van der Waals surface area contributed by atoms with Crippen LogP contribution in [0, 0.1) is 0 Å². The number of nitrogens with one attached hydrogen (secondary N) is 1. The summed E-state index contributed by atoms with van der Waals surface area (Å²) in [6.07, 6.45) is -0.0259. The Balaban J connectivity index is 1.31. The molecule has 1 fully saturated rings. The van der Waals surface area contributed by atoms with E-state index in [0.717, 1.165) is 28.2 Å². The van der Waals surface area contributed by atoms with Gasteiger partial charge in [0.2, 0.25) is 15.9 Å². The minimum absolute atomic E-state index is 0.0259. The molecule has 0 aliphatic carbocycles. The molecule has 0 saturated carbocycles. The van der Waals surface area contributed by atoms with Crippen LogP contribution in [0.2, 0.25) is 0 Å². The fraction of sp³-hybridized carbons (Fsp3) is 0.200. The molecule has 1 aliphatic rings. The van der Waals surface area contributed by atoms with Crippen molar-refractivity contribution in [2.24, 2.45) is 0 Å². The molecular weight excluding hydrogens is 458 g/mol.